The molecule has 5 aliphatic carbocycles. The highest BCUT2D eigenvalue weighted by atomic mass is 19.4. The molecule has 0 radical (unpaired) electrons. The molecule has 4 nitrogen and oxygen atoms in total. The standard InChI is InChI=1S/C25H26F3N3O/c1-13-6-19-21(20(13)31-24-10-14-7-15(11-24)9-16(8-14)12-24)29-22(30-23(19)32)17-2-4-18(5-3-17)25(26,27)28/h2-6,14-16,21,31H,7-12H2,1H3,(H,29,30,32). The molecule has 1 aliphatic heterocycles. The summed E-state index contributed by atoms with van der Waals surface area (Å²) in [7, 11) is 0. The first-order chi connectivity index (χ1) is 15.2. The summed E-state index contributed by atoms with van der Waals surface area (Å²) in [5, 5.41) is 6.66. The molecule has 32 heavy (non-hydrogen) atoms. The lowest BCUT2D eigenvalue weighted by Crippen LogP contribution is -2.59. The second kappa shape index (κ2) is 6.72. The summed E-state index contributed by atoms with van der Waals surface area (Å²) >= 11 is 0. The minimum atomic E-state index is -4.40. The molecule has 1 atom stereocenters. The molecule has 1 heterocycles. The fraction of sp³-hybridized carbons (Fsp3) is 0.520. The predicted octanol–water partition coefficient (Wildman–Crippen LogP) is 4.72. The van der Waals surface area contributed by atoms with Gasteiger partial charge in [-0.1, -0.05) is 12.1 Å². The van der Waals surface area contributed by atoms with Crippen LogP contribution >= 0.6 is 0 Å². The first-order valence-corrected chi connectivity index (χ1v) is 11.5. The number of amides is 1. The van der Waals surface area contributed by atoms with Crippen molar-refractivity contribution in [2.24, 2.45) is 22.7 Å². The number of carbonyl (C=O) groups is 1. The summed E-state index contributed by atoms with van der Waals surface area (Å²) < 4.78 is 38.8. The molecule has 1 amide bonds. The van der Waals surface area contributed by atoms with Gasteiger partial charge in [-0.3, -0.25) is 9.79 Å². The van der Waals surface area contributed by atoms with E-state index in [4.69, 9.17) is 4.99 Å². The molecule has 1 aromatic carbocycles. The molecule has 0 aromatic heterocycles. The number of aliphatic imine (C=N–C) groups is 1. The Morgan fingerprint density at radius 2 is 1.62 bits per heavy atom. The van der Waals surface area contributed by atoms with Crippen LogP contribution in [-0.4, -0.2) is 23.3 Å². The van der Waals surface area contributed by atoms with Gasteiger partial charge < -0.3 is 10.6 Å². The Hall–Kier alpha value is -2.57. The van der Waals surface area contributed by atoms with Gasteiger partial charge in [-0.25, -0.2) is 0 Å². The maximum atomic E-state index is 12.9. The third-order valence-electron chi connectivity index (χ3n) is 8.04. The van der Waals surface area contributed by atoms with Crippen molar-refractivity contribution in [3.63, 3.8) is 0 Å². The van der Waals surface area contributed by atoms with Gasteiger partial charge in [0.25, 0.3) is 5.91 Å². The van der Waals surface area contributed by atoms with Crippen LogP contribution in [0.15, 0.2) is 52.2 Å². The van der Waals surface area contributed by atoms with Gasteiger partial charge >= 0.3 is 6.18 Å². The van der Waals surface area contributed by atoms with Gasteiger partial charge in [0.15, 0.2) is 0 Å². The van der Waals surface area contributed by atoms with Gasteiger partial charge in [0.1, 0.15) is 11.9 Å². The van der Waals surface area contributed by atoms with Gasteiger partial charge in [-0.2, -0.15) is 13.2 Å². The van der Waals surface area contributed by atoms with Crippen molar-refractivity contribution in [1.82, 2.24) is 10.6 Å². The second-order valence-electron chi connectivity index (χ2n) is 10.4. The Bertz CT molecular complexity index is 1050. The molecule has 1 aromatic rings. The topological polar surface area (TPSA) is 53.5 Å². The van der Waals surface area contributed by atoms with Crippen molar-refractivity contribution in [2.75, 3.05) is 0 Å². The van der Waals surface area contributed by atoms with Gasteiger partial charge in [0.2, 0.25) is 0 Å². The summed E-state index contributed by atoms with van der Waals surface area (Å²) in [5.74, 6) is 2.48. The van der Waals surface area contributed by atoms with Crippen LogP contribution in [0.5, 0.6) is 0 Å². The van der Waals surface area contributed by atoms with Crippen molar-refractivity contribution in [3.05, 3.63) is 58.3 Å². The Kier molecular flexibility index (Phi) is 4.21. The maximum absolute atomic E-state index is 12.9. The summed E-state index contributed by atoms with van der Waals surface area (Å²) in [6.45, 7) is 2.01. The molecular formula is C25H26F3N3O. The van der Waals surface area contributed by atoms with Crippen LogP contribution in [-0.2, 0) is 11.0 Å². The van der Waals surface area contributed by atoms with Gasteiger partial charge in [-0.15, -0.1) is 0 Å². The maximum Gasteiger partial charge on any atom is 0.416 e. The number of rotatable bonds is 3. The smallest absolute Gasteiger partial charge is 0.381 e. The van der Waals surface area contributed by atoms with Gasteiger partial charge in [-0.05, 0) is 87.0 Å². The van der Waals surface area contributed by atoms with Crippen molar-refractivity contribution >= 4 is 11.7 Å². The van der Waals surface area contributed by atoms with E-state index in [2.05, 4.69) is 10.6 Å². The summed E-state index contributed by atoms with van der Waals surface area (Å²) in [6.07, 6.45) is 5.10. The number of alkyl halides is 3. The van der Waals surface area contributed by atoms with E-state index in [1.54, 1.807) is 0 Å². The first kappa shape index (κ1) is 20.1. The molecule has 6 aliphatic rings. The Morgan fingerprint density at radius 3 is 2.19 bits per heavy atom. The minimum Gasteiger partial charge on any atom is -0.381 e. The third kappa shape index (κ3) is 3.20. The number of hydrogen-bond donors (Lipinski definition) is 2. The SMILES string of the molecule is CC1=C(NC23CC4CC(CC(C4)C2)C3)C2N=C(c3ccc(C(F)(F)F)cc3)NC(=O)C2=C1. The lowest BCUT2D eigenvalue weighted by atomic mass is 9.53. The minimum absolute atomic E-state index is 0.0899. The summed E-state index contributed by atoms with van der Waals surface area (Å²) in [5.41, 5.74) is 2.46. The molecule has 4 fully saturated rings. The van der Waals surface area contributed by atoms with E-state index < -0.39 is 17.8 Å². The first-order valence-electron chi connectivity index (χ1n) is 11.5. The van der Waals surface area contributed by atoms with E-state index >= 15 is 0 Å². The highest BCUT2D eigenvalue weighted by Gasteiger charge is 2.52. The molecule has 1 unspecified atom stereocenters. The third-order valence-corrected chi connectivity index (χ3v) is 8.04. The van der Waals surface area contributed by atoms with E-state index in [0.29, 0.717) is 17.0 Å². The monoisotopic (exact) mass is 441 g/mol. The van der Waals surface area contributed by atoms with E-state index in [1.807, 2.05) is 13.0 Å². The summed E-state index contributed by atoms with van der Waals surface area (Å²) in [6, 6.07) is 4.37. The molecular weight excluding hydrogens is 415 g/mol. The molecule has 168 valence electrons. The van der Waals surface area contributed by atoms with Crippen LogP contribution in [0.4, 0.5) is 13.2 Å². The Labute approximate surface area is 185 Å². The number of hydrogen-bond acceptors (Lipinski definition) is 3. The van der Waals surface area contributed by atoms with Gasteiger partial charge in [0.05, 0.1) is 5.56 Å². The fourth-order valence-electron chi connectivity index (χ4n) is 7.11. The summed E-state index contributed by atoms with van der Waals surface area (Å²) in [4.78, 5) is 17.6. The average Bonchev–Trinajstić information content (AvgIpc) is 3.02. The van der Waals surface area contributed by atoms with Crippen molar-refractivity contribution in [3.8, 4) is 0 Å². The number of halogens is 3. The zero-order chi connectivity index (χ0) is 22.3. The average molecular weight is 441 g/mol. The van der Waals surface area contributed by atoms with Crippen LogP contribution in [0.25, 0.3) is 0 Å². The van der Waals surface area contributed by atoms with Crippen LogP contribution in [0.2, 0.25) is 0 Å². The molecule has 0 spiro atoms. The molecule has 7 rings (SSSR count). The zero-order valence-corrected chi connectivity index (χ0v) is 17.9. The number of nitrogens with one attached hydrogen (secondary N) is 2. The second-order valence-corrected chi connectivity index (χ2v) is 10.4. The van der Waals surface area contributed by atoms with Crippen molar-refractivity contribution in [1.29, 1.82) is 0 Å². The lowest BCUT2D eigenvalue weighted by Gasteiger charge is -2.57. The number of carbonyl (C=O) groups excluding carboxylic acids is 1. The van der Waals surface area contributed by atoms with Crippen LogP contribution in [0.1, 0.15) is 56.6 Å². The van der Waals surface area contributed by atoms with Crippen LogP contribution in [0.3, 0.4) is 0 Å². The Morgan fingerprint density at radius 1 is 1.03 bits per heavy atom. The van der Waals surface area contributed by atoms with Crippen molar-refractivity contribution in [2.45, 2.75) is 63.2 Å². The number of amidine groups is 1. The van der Waals surface area contributed by atoms with Crippen molar-refractivity contribution < 1.29 is 18.0 Å². The molecule has 4 saturated carbocycles. The highest BCUT2D eigenvalue weighted by Crippen LogP contribution is 2.56. The van der Waals surface area contributed by atoms with E-state index in [-0.39, 0.29) is 11.4 Å². The fourth-order valence-corrected chi connectivity index (χ4v) is 7.11. The number of allylic oxidation sites excluding steroid dienone is 2. The zero-order valence-electron chi connectivity index (χ0n) is 17.9. The largest absolute Gasteiger partial charge is 0.416 e. The Balaban J connectivity index is 1.30. The van der Waals surface area contributed by atoms with Crippen LogP contribution < -0.4 is 10.6 Å². The number of nitrogens with zero attached hydrogens (tertiary/aromatic N) is 1. The van der Waals surface area contributed by atoms with Gasteiger partial charge in [0, 0.05) is 22.4 Å². The van der Waals surface area contributed by atoms with Crippen LogP contribution in [0, 0.1) is 17.8 Å². The van der Waals surface area contributed by atoms with E-state index in [0.717, 1.165) is 41.2 Å². The number of benzene rings is 1. The van der Waals surface area contributed by atoms with E-state index in [1.165, 1.54) is 50.7 Å². The molecule has 4 bridgehead atoms. The molecule has 2 N–H and O–H groups in total. The molecule has 0 saturated heterocycles. The normalized spacial score (nSPS) is 35.4. The quantitative estimate of drug-likeness (QED) is 0.713. The molecule has 7 heteroatoms. The highest BCUT2D eigenvalue weighted by molar-refractivity contribution is 6.16. The van der Waals surface area contributed by atoms with E-state index in [9.17, 15) is 18.0 Å². The number of fused-ring (bicyclic) bond motifs is 1. The predicted molar refractivity (Wildman–Crippen MR) is 115 cm³/mol. The lowest BCUT2D eigenvalue weighted by molar-refractivity contribution is -0.137.